The molecule has 0 bridgehead atoms. The molecular formula is C15H24N2O2S. The molecule has 1 saturated carbocycles. The van der Waals surface area contributed by atoms with E-state index in [1.807, 2.05) is 6.92 Å². The zero-order valence-electron chi connectivity index (χ0n) is 12.7. The van der Waals surface area contributed by atoms with Crippen molar-refractivity contribution in [1.29, 1.82) is 0 Å². The summed E-state index contributed by atoms with van der Waals surface area (Å²) in [7, 11) is 0. The Balaban J connectivity index is 1.79. The van der Waals surface area contributed by atoms with Crippen molar-refractivity contribution in [3.8, 4) is 0 Å². The predicted molar refractivity (Wildman–Crippen MR) is 80.9 cm³/mol. The number of thiazole rings is 1. The minimum atomic E-state index is -0.0642. The average molecular weight is 296 g/mol. The Morgan fingerprint density at radius 3 is 2.80 bits per heavy atom. The first kappa shape index (κ1) is 15.4. The summed E-state index contributed by atoms with van der Waals surface area (Å²) in [4.78, 5) is 16.4. The van der Waals surface area contributed by atoms with Gasteiger partial charge < -0.3 is 10.1 Å². The van der Waals surface area contributed by atoms with E-state index in [0.29, 0.717) is 12.5 Å². The van der Waals surface area contributed by atoms with Crippen LogP contribution in [0.15, 0.2) is 5.38 Å². The maximum absolute atomic E-state index is 11.8. The van der Waals surface area contributed by atoms with Gasteiger partial charge in [0.2, 0.25) is 5.91 Å². The summed E-state index contributed by atoms with van der Waals surface area (Å²) in [6, 6.07) is -0.0619. The molecule has 0 aromatic carbocycles. The molecule has 1 atom stereocenters. The third-order valence-corrected chi connectivity index (χ3v) is 4.35. The van der Waals surface area contributed by atoms with E-state index in [1.165, 1.54) is 12.8 Å². The van der Waals surface area contributed by atoms with Crippen LogP contribution in [0.3, 0.4) is 0 Å². The molecule has 0 saturated heterocycles. The van der Waals surface area contributed by atoms with Crippen molar-refractivity contribution >= 4 is 17.2 Å². The molecule has 1 unspecified atom stereocenters. The summed E-state index contributed by atoms with van der Waals surface area (Å²) in [6.07, 6.45) is 2.49. The fourth-order valence-electron chi connectivity index (χ4n) is 1.78. The molecular weight excluding hydrogens is 272 g/mol. The zero-order valence-corrected chi connectivity index (χ0v) is 13.5. The molecule has 4 nitrogen and oxygen atoms in total. The predicted octanol–water partition coefficient (Wildman–Crippen LogP) is 3.04. The van der Waals surface area contributed by atoms with E-state index in [2.05, 4.69) is 36.5 Å². The second-order valence-electron chi connectivity index (χ2n) is 6.57. The van der Waals surface area contributed by atoms with Crippen LogP contribution in [0.25, 0.3) is 0 Å². The molecule has 1 amide bonds. The molecule has 20 heavy (non-hydrogen) atoms. The molecule has 112 valence electrons. The third kappa shape index (κ3) is 4.56. The number of hydrogen-bond donors (Lipinski definition) is 1. The fourth-order valence-corrected chi connectivity index (χ4v) is 2.83. The van der Waals surface area contributed by atoms with Crippen LogP contribution >= 0.6 is 11.3 Å². The number of hydrogen-bond acceptors (Lipinski definition) is 4. The third-order valence-electron chi connectivity index (χ3n) is 3.32. The summed E-state index contributed by atoms with van der Waals surface area (Å²) in [5, 5.41) is 5.96. The SMILES string of the molecule is CC(NC(=O)COCC1CC1)c1nc(C(C)(C)C)cs1. The first-order valence-electron chi connectivity index (χ1n) is 7.19. The van der Waals surface area contributed by atoms with E-state index in [9.17, 15) is 4.79 Å². The summed E-state index contributed by atoms with van der Waals surface area (Å²) < 4.78 is 5.39. The van der Waals surface area contributed by atoms with Crippen molar-refractivity contribution in [2.45, 2.75) is 52.0 Å². The Hall–Kier alpha value is -0.940. The van der Waals surface area contributed by atoms with Gasteiger partial charge in [-0.2, -0.15) is 0 Å². The van der Waals surface area contributed by atoms with Crippen molar-refractivity contribution in [1.82, 2.24) is 10.3 Å². The minimum Gasteiger partial charge on any atom is -0.371 e. The van der Waals surface area contributed by atoms with Crippen LogP contribution in [0.2, 0.25) is 0 Å². The lowest BCUT2D eigenvalue weighted by Gasteiger charge is -2.15. The number of aromatic nitrogens is 1. The Morgan fingerprint density at radius 2 is 2.25 bits per heavy atom. The standard InChI is InChI=1S/C15H24N2O2S/c1-10(14-17-12(9-20-14)15(2,3)4)16-13(18)8-19-7-11-5-6-11/h9-11H,5-8H2,1-4H3,(H,16,18). The van der Waals surface area contributed by atoms with Crippen LogP contribution in [0.4, 0.5) is 0 Å². The maximum Gasteiger partial charge on any atom is 0.246 e. The molecule has 0 radical (unpaired) electrons. The Kier molecular flexibility index (Phi) is 4.81. The van der Waals surface area contributed by atoms with Gasteiger partial charge in [0.25, 0.3) is 0 Å². The van der Waals surface area contributed by atoms with Crippen molar-refractivity contribution in [2.24, 2.45) is 5.92 Å². The van der Waals surface area contributed by atoms with Crippen LogP contribution in [0.1, 0.15) is 57.3 Å². The van der Waals surface area contributed by atoms with Crippen LogP contribution in [-0.4, -0.2) is 24.1 Å². The van der Waals surface area contributed by atoms with Gasteiger partial charge in [-0.1, -0.05) is 20.8 Å². The number of carbonyl (C=O) groups is 1. The molecule has 1 aliphatic rings. The Bertz CT molecular complexity index is 461. The lowest BCUT2D eigenvalue weighted by Crippen LogP contribution is -2.30. The molecule has 5 heteroatoms. The maximum atomic E-state index is 11.8. The number of carbonyl (C=O) groups excluding carboxylic acids is 1. The van der Waals surface area contributed by atoms with Gasteiger partial charge in [0.05, 0.1) is 18.3 Å². The number of amides is 1. The molecule has 1 heterocycles. The van der Waals surface area contributed by atoms with E-state index >= 15 is 0 Å². The smallest absolute Gasteiger partial charge is 0.246 e. The number of ether oxygens (including phenoxy) is 1. The minimum absolute atomic E-state index is 0.0475. The van der Waals surface area contributed by atoms with E-state index in [1.54, 1.807) is 11.3 Å². The average Bonchev–Trinajstić information content (AvgIpc) is 3.01. The number of nitrogens with zero attached hydrogens (tertiary/aromatic N) is 1. The Labute approximate surface area is 124 Å². The van der Waals surface area contributed by atoms with Crippen molar-refractivity contribution in [3.63, 3.8) is 0 Å². The van der Waals surface area contributed by atoms with E-state index in [4.69, 9.17) is 4.74 Å². The van der Waals surface area contributed by atoms with Crippen molar-refractivity contribution in [3.05, 3.63) is 16.1 Å². The van der Waals surface area contributed by atoms with Crippen LogP contribution < -0.4 is 5.32 Å². The van der Waals surface area contributed by atoms with Crippen LogP contribution in [0.5, 0.6) is 0 Å². The second kappa shape index (κ2) is 6.22. The second-order valence-corrected chi connectivity index (χ2v) is 7.46. The normalized spacial score (nSPS) is 17.0. The number of nitrogens with one attached hydrogen (secondary N) is 1. The molecule has 1 aromatic rings. The fraction of sp³-hybridized carbons (Fsp3) is 0.733. The van der Waals surface area contributed by atoms with Crippen LogP contribution in [0, 0.1) is 5.92 Å². The van der Waals surface area contributed by atoms with E-state index in [-0.39, 0.29) is 24.0 Å². The monoisotopic (exact) mass is 296 g/mol. The van der Waals surface area contributed by atoms with Gasteiger partial charge in [-0.25, -0.2) is 4.98 Å². The van der Waals surface area contributed by atoms with Gasteiger partial charge in [0.1, 0.15) is 11.6 Å². The lowest BCUT2D eigenvalue weighted by atomic mass is 9.93. The summed E-state index contributed by atoms with van der Waals surface area (Å²) in [5.41, 5.74) is 1.12. The molecule has 0 spiro atoms. The summed E-state index contributed by atoms with van der Waals surface area (Å²) in [5.74, 6) is 0.624. The lowest BCUT2D eigenvalue weighted by molar-refractivity contribution is -0.126. The van der Waals surface area contributed by atoms with Gasteiger partial charge in [-0.3, -0.25) is 4.79 Å². The van der Waals surface area contributed by atoms with Gasteiger partial charge in [-0.15, -0.1) is 11.3 Å². The van der Waals surface area contributed by atoms with Gasteiger partial charge in [0, 0.05) is 10.8 Å². The van der Waals surface area contributed by atoms with Gasteiger partial charge >= 0.3 is 0 Å². The highest BCUT2D eigenvalue weighted by molar-refractivity contribution is 7.09. The van der Waals surface area contributed by atoms with Crippen molar-refractivity contribution < 1.29 is 9.53 Å². The highest BCUT2D eigenvalue weighted by Gasteiger charge is 2.22. The molecule has 1 N–H and O–H groups in total. The van der Waals surface area contributed by atoms with E-state index < -0.39 is 0 Å². The molecule has 1 aliphatic carbocycles. The first-order valence-corrected chi connectivity index (χ1v) is 8.07. The molecule has 2 rings (SSSR count). The van der Waals surface area contributed by atoms with Gasteiger partial charge in [-0.05, 0) is 25.7 Å². The highest BCUT2D eigenvalue weighted by atomic mass is 32.1. The van der Waals surface area contributed by atoms with Crippen molar-refractivity contribution in [2.75, 3.05) is 13.2 Å². The van der Waals surface area contributed by atoms with Gasteiger partial charge in [0.15, 0.2) is 0 Å². The Morgan fingerprint density at radius 1 is 1.55 bits per heavy atom. The molecule has 1 aromatic heterocycles. The van der Waals surface area contributed by atoms with Crippen LogP contribution in [-0.2, 0) is 14.9 Å². The quantitative estimate of drug-likeness (QED) is 0.878. The molecule has 0 aliphatic heterocycles. The molecule has 1 fully saturated rings. The highest BCUT2D eigenvalue weighted by Crippen LogP contribution is 2.29. The number of rotatable bonds is 6. The largest absolute Gasteiger partial charge is 0.371 e. The first-order chi connectivity index (χ1) is 9.36. The topological polar surface area (TPSA) is 51.2 Å². The van der Waals surface area contributed by atoms with E-state index in [0.717, 1.165) is 10.7 Å². The summed E-state index contributed by atoms with van der Waals surface area (Å²) >= 11 is 1.60. The zero-order chi connectivity index (χ0) is 14.8. The summed E-state index contributed by atoms with van der Waals surface area (Å²) in [6.45, 7) is 9.25.